The highest BCUT2D eigenvalue weighted by atomic mass is 79.9. The van der Waals surface area contributed by atoms with Crippen molar-refractivity contribution in [3.05, 3.63) is 40.2 Å². The summed E-state index contributed by atoms with van der Waals surface area (Å²) in [5, 5.41) is 4.21. The van der Waals surface area contributed by atoms with E-state index >= 15 is 0 Å². The molecule has 1 atom stereocenters. The van der Waals surface area contributed by atoms with Crippen molar-refractivity contribution in [3.63, 3.8) is 0 Å². The van der Waals surface area contributed by atoms with Gasteiger partial charge in [-0.2, -0.15) is 0 Å². The molecule has 5 heteroatoms. The standard InChI is InChI=1S/C15H19BrN2OS/c1-4-7-17-11(3)13-8-12(16)5-6-14(13)20-15-18-10(2)9-19-15/h5-6,8-9,11,17H,4,7H2,1-3H3. The Morgan fingerprint density at radius 2 is 2.25 bits per heavy atom. The molecular weight excluding hydrogens is 336 g/mol. The highest BCUT2D eigenvalue weighted by Crippen LogP contribution is 2.34. The normalized spacial score (nSPS) is 12.6. The summed E-state index contributed by atoms with van der Waals surface area (Å²) >= 11 is 5.11. The topological polar surface area (TPSA) is 38.1 Å². The molecule has 0 aliphatic heterocycles. The minimum absolute atomic E-state index is 0.297. The number of aryl methyl sites for hydroxylation is 1. The molecule has 1 N–H and O–H groups in total. The van der Waals surface area contributed by atoms with E-state index in [0.717, 1.165) is 23.1 Å². The van der Waals surface area contributed by atoms with Crippen LogP contribution in [0.1, 0.15) is 37.6 Å². The molecule has 0 spiro atoms. The van der Waals surface area contributed by atoms with Crippen molar-refractivity contribution in [1.29, 1.82) is 0 Å². The predicted molar refractivity (Wildman–Crippen MR) is 86.2 cm³/mol. The van der Waals surface area contributed by atoms with Crippen LogP contribution in [0.2, 0.25) is 0 Å². The maximum absolute atomic E-state index is 5.43. The maximum atomic E-state index is 5.43. The molecule has 0 bridgehead atoms. The summed E-state index contributed by atoms with van der Waals surface area (Å²) in [4.78, 5) is 5.53. The maximum Gasteiger partial charge on any atom is 0.260 e. The lowest BCUT2D eigenvalue weighted by atomic mass is 10.1. The lowest BCUT2D eigenvalue weighted by Crippen LogP contribution is -2.19. The summed E-state index contributed by atoms with van der Waals surface area (Å²) < 4.78 is 6.52. The van der Waals surface area contributed by atoms with Crippen LogP contribution < -0.4 is 5.32 Å². The molecule has 3 nitrogen and oxygen atoms in total. The van der Waals surface area contributed by atoms with Gasteiger partial charge in [-0.25, -0.2) is 4.98 Å². The van der Waals surface area contributed by atoms with Crippen LogP contribution in [0.3, 0.4) is 0 Å². The van der Waals surface area contributed by atoms with Gasteiger partial charge in [-0.1, -0.05) is 22.9 Å². The first-order valence-electron chi connectivity index (χ1n) is 6.73. The zero-order valence-electron chi connectivity index (χ0n) is 11.9. The van der Waals surface area contributed by atoms with Crippen LogP contribution in [0, 0.1) is 6.92 Å². The van der Waals surface area contributed by atoms with Gasteiger partial charge in [0.25, 0.3) is 5.22 Å². The molecule has 0 saturated heterocycles. The minimum Gasteiger partial charge on any atom is -0.439 e. The molecule has 2 aromatic rings. The van der Waals surface area contributed by atoms with Crippen molar-refractivity contribution in [2.24, 2.45) is 0 Å². The second kappa shape index (κ2) is 7.29. The summed E-state index contributed by atoms with van der Waals surface area (Å²) in [6, 6.07) is 6.61. The zero-order chi connectivity index (χ0) is 14.5. The molecule has 0 radical (unpaired) electrons. The van der Waals surface area contributed by atoms with Crippen molar-refractivity contribution < 1.29 is 4.42 Å². The number of nitrogens with one attached hydrogen (secondary N) is 1. The van der Waals surface area contributed by atoms with Crippen molar-refractivity contribution in [3.8, 4) is 0 Å². The highest BCUT2D eigenvalue weighted by Gasteiger charge is 2.14. The van der Waals surface area contributed by atoms with Gasteiger partial charge in [0.1, 0.15) is 6.26 Å². The first-order chi connectivity index (χ1) is 9.60. The van der Waals surface area contributed by atoms with E-state index in [9.17, 15) is 0 Å². The molecule has 0 fully saturated rings. The minimum atomic E-state index is 0.297. The number of halogens is 1. The summed E-state index contributed by atoms with van der Waals surface area (Å²) in [6.45, 7) is 7.30. The van der Waals surface area contributed by atoms with Crippen molar-refractivity contribution >= 4 is 27.7 Å². The number of hydrogen-bond acceptors (Lipinski definition) is 4. The van der Waals surface area contributed by atoms with E-state index in [2.05, 4.69) is 52.2 Å². The number of rotatable bonds is 6. The van der Waals surface area contributed by atoms with E-state index in [1.807, 2.05) is 13.0 Å². The van der Waals surface area contributed by atoms with E-state index in [4.69, 9.17) is 4.42 Å². The molecule has 1 heterocycles. The van der Waals surface area contributed by atoms with E-state index in [1.165, 1.54) is 10.5 Å². The van der Waals surface area contributed by atoms with E-state index in [1.54, 1.807) is 18.0 Å². The molecular formula is C15H19BrN2OS. The smallest absolute Gasteiger partial charge is 0.260 e. The van der Waals surface area contributed by atoms with Gasteiger partial charge in [0, 0.05) is 15.4 Å². The van der Waals surface area contributed by atoms with Crippen LogP contribution in [-0.2, 0) is 0 Å². The van der Waals surface area contributed by atoms with E-state index in [-0.39, 0.29) is 0 Å². The van der Waals surface area contributed by atoms with Gasteiger partial charge in [-0.15, -0.1) is 0 Å². The quantitative estimate of drug-likeness (QED) is 0.795. The van der Waals surface area contributed by atoms with E-state index in [0.29, 0.717) is 11.3 Å². The zero-order valence-corrected chi connectivity index (χ0v) is 14.3. The Kier molecular flexibility index (Phi) is 5.69. The number of hydrogen-bond donors (Lipinski definition) is 1. The monoisotopic (exact) mass is 354 g/mol. The second-order valence-corrected chi connectivity index (χ2v) is 6.62. The van der Waals surface area contributed by atoms with Crippen molar-refractivity contribution in [2.45, 2.75) is 43.4 Å². The Labute approximate surface area is 132 Å². The average molecular weight is 355 g/mol. The number of nitrogens with zero attached hydrogens (tertiary/aromatic N) is 1. The molecule has 1 aromatic heterocycles. The predicted octanol–water partition coefficient (Wildman–Crippen LogP) is 4.96. The van der Waals surface area contributed by atoms with Crippen LogP contribution in [0.15, 0.2) is 43.5 Å². The van der Waals surface area contributed by atoms with Gasteiger partial charge < -0.3 is 9.73 Å². The third-order valence-corrected chi connectivity index (χ3v) is 4.38. The van der Waals surface area contributed by atoms with Gasteiger partial charge in [0.2, 0.25) is 0 Å². The van der Waals surface area contributed by atoms with Crippen LogP contribution >= 0.6 is 27.7 Å². The van der Waals surface area contributed by atoms with E-state index < -0.39 is 0 Å². The van der Waals surface area contributed by atoms with Gasteiger partial charge in [0.15, 0.2) is 0 Å². The molecule has 108 valence electrons. The lowest BCUT2D eigenvalue weighted by Gasteiger charge is -2.17. The third-order valence-electron chi connectivity index (χ3n) is 2.93. The van der Waals surface area contributed by atoms with Gasteiger partial charge in [-0.05, 0) is 62.3 Å². The largest absolute Gasteiger partial charge is 0.439 e. The summed E-state index contributed by atoms with van der Waals surface area (Å²) in [5.74, 6) is 0. The summed E-state index contributed by atoms with van der Waals surface area (Å²) in [5.41, 5.74) is 2.16. The molecule has 20 heavy (non-hydrogen) atoms. The Bertz CT molecular complexity index is 571. The first-order valence-corrected chi connectivity index (χ1v) is 8.34. The Morgan fingerprint density at radius 3 is 2.90 bits per heavy atom. The molecule has 0 aliphatic rings. The average Bonchev–Trinajstić information content (AvgIpc) is 2.83. The van der Waals surface area contributed by atoms with Crippen LogP contribution in [0.4, 0.5) is 0 Å². The highest BCUT2D eigenvalue weighted by molar-refractivity contribution is 9.10. The van der Waals surface area contributed by atoms with Crippen LogP contribution in [-0.4, -0.2) is 11.5 Å². The fourth-order valence-corrected chi connectivity index (χ4v) is 3.24. The Balaban J connectivity index is 2.23. The fraction of sp³-hybridized carbons (Fsp3) is 0.400. The second-order valence-electron chi connectivity index (χ2n) is 4.71. The molecule has 2 rings (SSSR count). The SMILES string of the molecule is CCCNC(C)c1cc(Br)ccc1Sc1nc(C)co1. The van der Waals surface area contributed by atoms with Crippen LogP contribution in [0.25, 0.3) is 0 Å². The van der Waals surface area contributed by atoms with Gasteiger partial charge in [-0.3, -0.25) is 0 Å². The molecule has 0 aliphatic carbocycles. The van der Waals surface area contributed by atoms with Crippen molar-refractivity contribution in [2.75, 3.05) is 6.54 Å². The Morgan fingerprint density at radius 1 is 1.45 bits per heavy atom. The fourth-order valence-electron chi connectivity index (χ4n) is 1.89. The van der Waals surface area contributed by atoms with Gasteiger partial charge >= 0.3 is 0 Å². The molecule has 0 saturated carbocycles. The Hall–Kier alpha value is -0.780. The number of benzene rings is 1. The molecule has 1 unspecified atom stereocenters. The third kappa shape index (κ3) is 4.11. The lowest BCUT2D eigenvalue weighted by molar-refractivity contribution is 0.454. The van der Waals surface area contributed by atoms with Crippen LogP contribution in [0.5, 0.6) is 0 Å². The molecule has 0 amide bonds. The molecule has 1 aromatic carbocycles. The first kappa shape index (κ1) is 15.6. The summed E-state index contributed by atoms with van der Waals surface area (Å²) in [7, 11) is 0. The number of aromatic nitrogens is 1. The van der Waals surface area contributed by atoms with Crippen molar-refractivity contribution in [1.82, 2.24) is 10.3 Å². The summed E-state index contributed by atoms with van der Waals surface area (Å²) in [6.07, 6.45) is 2.80. The van der Waals surface area contributed by atoms with Gasteiger partial charge in [0.05, 0.1) is 5.69 Å². The number of oxazole rings is 1.